The van der Waals surface area contributed by atoms with Gasteiger partial charge in [0.15, 0.2) is 0 Å². The maximum Gasteiger partial charge on any atom is 0.303 e. The number of nitrogens with one attached hydrogen (secondary N) is 1. The summed E-state index contributed by atoms with van der Waals surface area (Å²) < 4.78 is 0. The molecule has 0 atom stereocenters. The largest absolute Gasteiger partial charge is 0.481 e. The summed E-state index contributed by atoms with van der Waals surface area (Å²) >= 11 is 0. The van der Waals surface area contributed by atoms with Gasteiger partial charge in [-0.25, -0.2) is 0 Å². The fourth-order valence-corrected chi connectivity index (χ4v) is 1.46. The fraction of sp³-hybridized carbons (Fsp3) is 0.417. The SMILES string of the molecule is Cc1ccc(C(=O)NCCCC(=O)O)c(C)n1. The summed E-state index contributed by atoms with van der Waals surface area (Å²) in [5.74, 6) is -1.06. The Morgan fingerprint density at radius 3 is 2.65 bits per heavy atom. The monoisotopic (exact) mass is 236 g/mol. The van der Waals surface area contributed by atoms with Gasteiger partial charge in [-0.05, 0) is 32.4 Å². The molecular weight excluding hydrogens is 220 g/mol. The Morgan fingerprint density at radius 1 is 1.35 bits per heavy atom. The van der Waals surface area contributed by atoms with Gasteiger partial charge in [-0.1, -0.05) is 0 Å². The Bertz CT molecular complexity index is 430. The molecule has 92 valence electrons. The molecule has 0 aliphatic heterocycles. The van der Waals surface area contributed by atoms with Crippen LogP contribution in [0.15, 0.2) is 12.1 Å². The zero-order chi connectivity index (χ0) is 12.8. The second-order valence-corrected chi connectivity index (χ2v) is 3.84. The fourth-order valence-electron chi connectivity index (χ4n) is 1.46. The van der Waals surface area contributed by atoms with Crippen LogP contribution in [0, 0.1) is 13.8 Å². The van der Waals surface area contributed by atoms with Gasteiger partial charge in [-0.2, -0.15) is 0 Å². The lowest BCUT2D eigenvalue weighted by molar-refractivity contribution is -0.137. The van der Waals surface area contributed by atoms with E-state index in [1.165, 1.54) is 0 Å². The minimum absolute atomic E-state index is 0.0609. The van der Waals surface area contributed by atoms with Crippen LogP contribution in [0.1, 0.15) is 34.6 Å². The number of carbonyl (C=O) groups excluding carboxylic acids is 1. The zero-order valence-electron chi connectivity index (χ0n) is 9.99. The number of carboxylic acids is 1. The number of hydrogen-bond acceptors (Lipinski definition) is 3. The molecule has 2 N–H and O–H groups in total. The molecule has 1 heterocycles. The zero-order valence-corrected chi connectivity index (χ0v) is 9.99. The molecule has 1 amide bonds. The number of aryl methyl sites for hydroxylation is 2. The van der Waals surface area contributed by atoms with Crippen molar-refractivity contribution in [2.75, 3.05) is 6.54 Å². The van der Waals surface area contributed by atoms with Gasteiger partial charge in [-0.3, -0.25) is 14.6 Å². The van der Waals surface area contributed by atoms with Crippen LogP contribution in [0.25, 0.3) is 0 Å². The highest BCUT2D eigenvalue weighted by atomic mass is 16.4. The molecule has 0 radical (unpaired) electrons. The Morgan fingerprint density at radius 2 is 2.06 bits per heavy atom. The van der Waals surface area contributed by atoms with Crippen molar-refractivity contribution in [3.8, 4) is 0 Å². The van der Waals surface area contributed by atoms with Crippen LogP contribution in [-0.2, 0) is 4.79 Å². The topological polar surface area (TPSA) is 79.3 Å². The summed E-state index contributed by atoms with van der Waals surface area (Å²) in [7, 11) is 0. The lowest BCUT2D eigenvalue weighted by Gasteiger charge is -2.07. The smallest absolute Gasteiger partial charge is 0.303 e. The van der Waals surface area contributed by atoms with E-state index in [0.29, 0.717) is 24.2 Å². The maximum absolute atomic E-state index is 11.7. The second-order valence-electron chi connectivity index (χ2n) is 3.84. The molecule has 0 aliphatic carbocycles. The highest BCUT2D eigenvalue weighted by Gasteiger charge is 2.09. The first-order valence-electron chi connectivity index (χ1n) is 5.45. The summed E-state index contributed by atoms with van der Waals surface area (Å²) in [5.41, 5.74) is 2.08. The molecule has 0 bridgehead atoms. The Kier molecular flexibility index (Phi) is 4.63. The number of rotatable bonds is 5. The quantitative estimate of drug-likeness (QED) is 0.755. The number of aliphatic carboxylic acids is 1. The van der Waals surface area contributed by atoms with Crippen molar-refractivity contribution in [3.63, 3.8) is 0 Å². The van der Waals surface area contributed by atoms with Crippen LogP contribution in [-0.4, -0.2) is 28.5 Å². The lowest BCUT2D eigenvalue weighted by atomic mass is 10.1. The molecular formula is C12H16N2O3. The normalized spacial score (nSPS) is 10.0. The maximum atomic E-state index is 11.7. The summed E-state index contributed by atoms with van der Waals surface area (Å²) in [6.07, 6.45) is 0.491. The van der Waals surface area contributed by atoms with Crippen molar-refractivity contribution >= 4 is 11.9 Å². The molecule has 1 aromatic heterocycles. The average Bonchev–Trinajstić information content (AvgIpc) is 2.23. The standard InChI is InChI=1S/C12H16N2O3/c1-8-5-6-10(9(2)14-8)12(17)13-7-3-4-11(15)16/h5-6H,3-4,7H2,1-2H3,(H,13,17)(H,15,16). The third-order valence-electron chi connectivity index (χ3n) is 2.32. The molecule has 0 fully saturated rings. The van der Waals surface area contributed by atoms with Crippen LogP contribution in [0.3, 0.4) is 0 Å². The molecule has 5 heteroatoms. The van der Waals surface area contributed by atoms with Gasteiger partial charge in [0.1, 0.15) is 0 Å². The first-order chi connectivity index (χ1) is 8.00. The van der Waals surface area contributed by atoms with Crippen molar-refractivity contribution in [2.24, 2.45) is 0 Å². The highest BCUT2D eigenvalue weighted by Crippen LogP contribution is 2.06. The van der Waals surface area contributed by atoms with Gasteiger partial charge in [-0.15, -0.1) is 0 Å². The van der Waals surface area contributed by atoms with E-state index >= 15 is 0 Å². The van der Waals surface area contributed by atoms with Crippen LogP contribution in [0.2, 0.25) is 0 Å². The van der Waals surface area contributed by atoms with Crippen molar-refractivity contribution in [1.29, 1.82) is 0 Å². The molecule has 0 saturated heterocycles. The molecule has 0 unspecified atom stereocenters. The first kappa shape index (κ1) is 13.2. The molecule has 1 rings (SSSR count). The molecule has 0 saturated carbocycles. The number of hydrogen-bond donors (Lipinski definition) is 2. The summed E-state index contributed by atoms with van der Waals surface area (Å²) in [6.45, 7) is 4.00. The third kappa shape index (κ3) is 4.22. The van der Waals surface area contributed by atoms with Crippen molar-refractivity contribution in [2.45, 2.75) is 26.7 Å². The van der Waals surface area contributed by atoms with Crippen LogP contribution in [0.5, 0.6) is 0 Å². The lowest BCUT2D eigenvalue weighted by Crippen LogP contribution is -2.25. The van der Waals surface area contributed by atoms with E-state index in [0.717, 1.165) is 5.69 Å². The number of carboxylic acid groups (broad SMARTS) is 1. The Hall–Kier alpha value is -1.91. The van der Waals surface area contributed by atoms with E-state index in [1.54, 1.807) is 19.1 Å². The van der Waals surface area contributed by atoms with E-state index in [-0.39, 0.29) is 12.3 Å². The van der Waals surface area contributed by atoms with Gasteiger partial charge >= 0.3 is 5.97 Å². The van der Waals surface area contributed by atoms with E-state index in [9.17, 15) is 9.59 Å². The Labute approximate surface area is 99.9 Å². The highest BCUT2D eigenvalue weighted by molar-refractivity contribution is 5.95. The minimum atomic E-state index is -0.854. The van der Waals surface area contributed by atoms with E-state index in [4.69, 9.17) is 5.11 Å². The Balaban J connectivity index is 2.50. The molecule has 0 spiro atoms. The third-order valence-corrected chi connectivity index (χ3v) is 2.32. The average molecular weight is 236 g/mol. The van der Waals surface area contributed by atoms with Gasteiger partial charge in [0.25, 0.3) is 5.91 Å². The first-order valence-corrected chi connectivity index (χ1v) is 5.45. The van der Waals surface area contributed by atoms with Gasteiger partial charge in [0.05, 0.1) is 11.3 Å². The number of nitrogens with zero attached hydrogens (tertiary/aromatic N) is 1. The number of aromatic nitrogens is 1. The minimum Gasteiger partial charge on any atom is -0.481 e. The number of carbonyl (C=O) groups is 2. The molecule has 0 aromatic carbocycles. The van der Waals surface area contributed by atoms with E-state index in [2.05, 4.69) is 10.3 Å². The van der Waals surface area contributed by atoms with Crippen LogP contribution >= 0.6 is 0 Å². The van der Waals surface area contributed by atoms with Gasteiger partial charge in [0, 0.05) is 18.7 Å². The summed E-state index contributed by atoms with van der Waals surface area (Å²) in [6, 6.07) is 3.50. The van der Waals surface area contributed by atoms with E-state index in [1.807, 2.05) is 6.92 Å². The molecule has 1 aromatic rings. The van der Waals surface area contributed by atoms with Crippen LogP contribution < -0.4 is 5.32 Å². The van der Waals surface area contributed by atoms with Crippen LogP contribution in [0.4, 0.5) is 0 Å². The number of amides is 1. The predicted molar refractivity (Wildman–Crippen MR) is 62.9 cm³/mol. The summed E-state index contributed by atoms with van der Waals surface area (Å²) in [5, 5.41) is 11.1. The van der Waals surface area contributed by atoms with Crippen molar-refractivity contribution in [3.05, 3.63) is 29.1 Å². The predicted octanol–water partition coefficient (Wildman–Crippen LogP) is 1.29. The molecule has 5 nitrogen and oxygen atoms in total. The molecule has 0 aliphatic rings. The number of pyridine rings is 1. The van der Waals surface area contributed by atoms with Gasteiger partial charge < -0.3 is 10.4 Å². The second kappa shape index (κ2) is 5.98. The van der Waals surface area contributed by atoms with E-state index < -0.39 is 5.97 Å². The van der Waals surface area contributed by atoms with Crippen molar-refractivity contribution in [1.82, 2.24) is 10.3 Å². The van der Waals surface area contributed by atoms with Gasteiger partial charge in [0.2, 0.25) is 0 Å². The van der Waals surface area contributed by atoms with Crippen molar-refractivity contribution < 1.29 is 14.7 Å². The summed E-state index contributed by atoms with van der Waals surface area (Å²) in [4.78, 5) is 26.2. The molecule has 17 heavy (non-hydrogen) atoms.